The highest BCUT2D eigenvalue weighted by atomic mass is 15.4. The summed E-state index contributed by atoms with van der Waals surface area (Å²) in [6.07, 6.45) is 2.36. The van der Waals surface area contributed by atoms with Crippen LogP contribution in [0.3, 0.4) is 0 Å². The normalized spacial score (nSPS) is 21.1. The molecule has 0 spiro atoms. The van der Waals surface area contributed by atoms with Gasteiger partial charge in [-0.3, -0.25) is 0 Å². The second-order valence-corrected chi connectivity index (χ2v) is 5.26. The van der Waals surface area contributed by atoms with Crippen molar-refractivity contribution in [1.29, 1.82) is 0 Å². The van der Waals surface area contributed by atoms with Gasteiger partial charge in [0.2, 0.25) is 0 Å². The predicted octanol–water partition coefficient (Wildman–Crippen LogP) is 2.62. The molecule has 0 aromatic carbocycles. The zero-order valence-corrected chi connectivity index (χ0v) is 10.2. The fourth-order valence-electron chi connectivity index (χ4n) is 2.16. The van der Waals surface area contributed by atoms with Crippen LogP contribution in [0.25, 0.3) is 0 Å². The van der Waals surface area contributed by atoms with Crippen molar-refractivity contribution in [3.8, 4) is 0 Å². The minimum absolute atomic E-state index is 0.445. The number of hydrogen-bond acceptors (Lipinski definition) is 2. The standard InChI is InChI=1S/C12H21N3/c1-8(2)10-5-6-15-11(7-10)13-12(14-15)9(3)4/h8-10H,5-7H2,1-4H3. The Morgan fingerprint density at radius 1 is 1.27 bits per heavy atom. The molecule has 0 saturated carbocycles. The average molecular weight is 207 g/mol. The van der Waals surface area contributed by atoms with E-state index in [1.165, 1.54) is 12.2 Å². The maximum absolute atomic E-state index is 4.63. The molecule has 0 aliphatic carbocycles. The summed E-state index contributed by atoms with van der Waals surface area (Å²) < 4.78 is 2.11. The highest BCUT2D eigenvalue weighted by molar-refractivity contribution is 5.00. The Balaban J connectivity index is 2.19. The molecule has 0 N–H and O–H groups in total. The van der Waals surface area contributed by atoms with E-state index in [9.17, 15) is 0 Å². The quantitative estimate of drug-likeness (QED) is 0.746. The first-order valence-electron chi connectivity index (χ1n) is 6.01. The van der Waals surface area contributed by atoms with Gasteiger partial charge in [0.05, 0.1) is 0 Å². The van der Waals surface area contributed by atoms with Crippen LogP contribution in [0.5, 0.6) is 0 Å². The Morgan fingerprint density at radius 2 is 2.00 bits per heavy atom. The smallest absolute Gasteiger partial charge is 0.153 e. The molecule has 2 heterocycles. The molecule has 3 nitrogen and oxygen atoms in total. The molecule has 3 heteroatoms. The van der Waals surface area contributed by atoms with E-state index in [4.69, 9.17) is 0 Å². The highest BCUT2D eigenvalue weighted by Gasteiger charge is 2.24. The van der Waals surface area contributed by atoms with E-state index >= 15 is 0 Å². The van der Waals surface area contributed by atoms with Crippen LogP contribution in [0.2, 0.25) is 0 Å². The molecule has 1 unspecified atom stereocenters. The van der Waals surface area contributed by atoms with Crippen LogP contribution in [-0.4, -0.2) is 14.8 Å². The zero-order chi connectivity index (χ0) is 11.0. The summed E-state index contributed by atoms with van der Waals surface area (Å²) in [4.78, 5) is 4.63. The third kappa shape index (κ3) is 2.06. The van der Waals surface area contributed by atoms with Crippen LogP contribution in [-0.2, 0) is 13.0 Å². The minimum Gasteiger partial charge on any atom is -0.250 e. The molecule has 15 heavy (non-hydrogen) atoms. The monoisotopic (exact) mass is 207 g/mol. The van der Waals surface area contributed by atoms with Gasteiger partial charge in [-0.15, -0.1) is 0 Å². The Labute approximate surface area is 91.9 Å². The Kier molecular flexibility index (Phi) is 2.81. The van der Waals surface area contributed by atoms with E-state index in [0.717, 1.165) is 30.6 Å². The molecule has 0 saturated heterocycles. The maximum Gasteiger partial charge on any atom is 0.153 e. The van der Waals surface area contributed by atoms with E-state index in [2.05, 4.69) is 42.5 Å². The van der Waals surface area contributed by atoms with Crippen LogP contribution < -0.4 is 0 Å². The van der Waals surface area contributed by atoms with Crippen LogP contribution in [0, 0.1) is 11.8 Å². The van der Waals surface area contributed by atoms with Gasteiger partial charge in [0.15, 0.2) is 5.82 Å². The van der Waals surface area contributed by atoms with Crippen LogP contribution >= 0.6 is 0 Å². The third-order valence-corrected chi connectivity index (χ3v) is 3.38. The van der Waals surface area contributed by atoms with Crippen LogP contribution in [0.1, 0.15) is 51.7 Å². The minimum atomic E-state index is 0.445. The molecule has 0 bridgehead atoms. The van der Waals surface area contributed by atoms with Crippen LogP contribution in [0.4, 0.5) is 0 Å². The summed E-state index contributed by atoms with van der Waals surface area (Å²) in [7, 11) is 0. The van der Waals surface area contributed by atoms with Crippen molar-refractivity contribution in [3.05, 3.63) is 11.6 Å². The van der Waals surface area contributed by atoms with Gasteiger partial charge in [-0.1, -0.05) is 27.7 Å². The molecule has 1 aliphatic rings. The lowest BCUT2D eigenvalue weighted by Gasteiger charge is -2.24. The molecule has 1 aliphatic heterocycles. The van der Waals surface area contributed by atoms with E-state index in [0.29, 0.717) is 5.92 Å². The highest BCUT2D eigenvalue weighted by Crippen LogP contribution is 2.26. The predicted molar refractivity (Wildman–Crippen MR) is 60.8 cm³/mol. The fraction of sp³-hybridized carbons (Fsp3) is 0.833. The van der Waals surface area contributed by atoms with Crippen molar-refractivity contribution in [1.82, 2.24) is 14.8 Å². The first-order valence-corrected chi connectivity index (χ1v) is 6.01. The summed E-state index contributed by atoms with van der Waals surface area (Å²) >= 11 is 0. The van der Waals surface area contributed by atoms with Crippen LogP contribution in [0.15, 0.2) is 0 Å². The first kappa shape index (κ1) is 10.7. The molecule has 0 amide bonds. The summed E-state index contributed by atoms with van der Waals surface area (Å²) in [6, 6.07) is 0. The topological polar surface area (TPSA) is 30.7 Å². The largest absolute Gasteiger partial charge is 0.250 e. The lowest BCUT2D eigenvalue weighted by molar-refractivity contribution is 0.287. The van der Waals surface area contributed by atoms with E-state index in [-0.39, 0.29) is 0 Å². The molecule has 1 aromatic rings. The van der Waals surface area contributed by atoms with Gasteiger partial charge in [-0.05, 0) is 18.3 Å². The van der Waals surface area contributed by atoms with Crippen molar-refractivity contribution < 1.29 is 0 Å². The average Bonchev–Trinajstić information content (AvgIpc) is 2.59. The van der Waals surface area contributed by atoms with E-state index in [1.54, 1.807) is 0 Å². The van der Waals surface area contributed by atoms with Crippen molar-refractivity contribution >= 4 is 0 Å². The van der Waals surface area contributed by atoms with Gasteiger partial charge < -0.3 is 0 Å². The van der Waals surface area contributed by atoms with E-state index < -0.39 is 0 Å². The summed E-state index contributed by atoms with van der Waals surface area (Å²) in [5.74, 6) is 4.21. The zero-order valence-electron chi connectivity index (χ0n) is 10.2. The Hall–Kier alpha value is -0.860. The molecule has 1 atom stereocenters. The molecular weight excluding hydrogens is 186 g/mol. The Morgan fingerprint density at radius 3 is 2.60 bits per heavy atom. The summed E-state index contributed by atoms with van der Waals surface area (Å²) in [5, 5.41) is 4.55. The fourth-order valence-corrected chi connectivity index (χ4v) is 2.16. The van der Waals surface area contributed by atoms with Crippen molar-refractivity contribution in [2.45, 2.75) is 53.0 Å². The second-order valence-electron chi connectivity index (χ2n) is 5.26. The van der Waals surface area contributed by atoms with Crippen molar-refractivity contribution in [2.75, 3.05) is 0 Å². The summed E-state index contributed by atoms with van der Waals surface area (Å²) in [5.41, 5.74) is 0. The molecule has 1 aromatic heterocycles. The maximum atomic E-state index is 4.63. The number of aryl methyl sites for hydroxylation is 1. The number of hydrogen-bond donors (Lipinski definition) is 0. The van der Waals surface area contributed by atoms with Gasteiger partial charge >= 0.3 is 0 Å². The van der Waals surface area contributed by atoms with Gasteiger partial charge in [-0.25, -0.2) is 9.67 Å². The number of aromatic nitrogens is 3. The molecular formula is C12H21N3. The molecule has 0 fully saturated rings. The number of fused-ring (bicyclic) bond motifs is 1. The number of rotatable bonds is 2. The van der Waals surface area contributed by atoms with Gasteiger partial charge in [0, 0.05) is 18.9 Å². The Bertz CT molecular complexity index is 339. The second kappa shape index (κ2) is 3.95. The molecule has 2 rings (SSSR count). The number of nitrogens with zero attached hydrogens (tertiary/aromatic N) is 3. The van der Waals surface area contributed by atoms with E-state index in [1.807, 2.05) is 0 Å². The van der Waals surface area contributed by atoms with Gasteiger partial charge in [0.25, 0.3) is 0 Å². The first-order chi connectivity index (χ1) is 7.08. The third-order valence-electron chi connectivity index (χ3n) is 3.38. The van der Waals surface area contributed by atoms with Crippen molar-refractivity contribution in [2.24, 2.45) is 11.8 Å². The SMILES string of the molecule is CC(C)c1nc2n(n1)CCC(C(C)C)C2. The molecule has 84 valence electrons. The lowest BCUT2D eigenvalue weighted by atomic mass is 9.87. The van der Waals surface area contributed by atoms with Gasteiger partial charge in [-0.2, -0.15) is 5.10 Å². The van der Waals surface area contributed by atoms with Gasteiger partial charge in [0.1, 0.15) is 5.82 Å². The molecule has 0 radical (unpaired) electrons. The van der Waals surface area contributed by atoms with Crippen molar-refractivity contribution in [3.63, 3.8) is 0 Å². The lowest BCUT2D eigenvalue weighted by Crippen LogP contribution is -2.23. The summed E-state index contributed by atoms with van der Waals surface area (Å²) in [6.45, 7) is 9.97.